The van der Waals surface area contributed by atoms with Crippen LogP contribution in [-0.2, 0) is 11.2 Å². The summed E-state index contributed by atoms with van der Waals surface area (Å²) < 4.78 is 1.74. The van der Waals surface area contributed by atoms with Crippen LogP contribution in [0.1, 0.15) is 60.4 Å². The van der Waals surface area contributed by atoms with E-state index >= 15 is 0 Å². The summed E-state index contributed by atoms with van der Waals surface area (Å²) in [6.07, 6.45) is 6.37. The van der Waals surface area contributed by atoms with Crippen molar-refractivity contribution < 1.29 is 4.79 Å². The average Bonchev–Trinajstić information content (AvgIpc) is 2.94. The van der Waals surface area contributed by atoms with Crippen LogP contribution in [0.3, 0.4) is 0 Å². The van der Waals surface area contributed by atoms with E-state index in [1.165, 1.54) is 19.3 Å². The van der Waals surface area contributed by atoms with E-state index in [-0.39, 0.29) is 11.9 Å². The fourth-order valence-electron chi connectivity index (χ4n) is 4.25. The van der Waals surface area contributed by atoms with Gasteiger partial charge >= 0.3 is 0 Å². The molecule has 1 aliphatic carbocycles. The summed E-state index contributed by atoms with van der Waals surface area (Å²) in [7, 11) is 0. The molecule has 0 spiro atoms. The molecule has 1 saturated carbocycles. The van der Waals surface area contributed by atoms with E-state index < -0.39 is 0 Å². The van der Waals surface area contributed by atoms with Gasteiger partial charge in [-0.3, -0.25) is 4.79 Å². The van der Waals surface area contributed by atoms with E-state index in [0.717, 1.165) is 41.2 Å². The quantitative estimate of drug-likeness (QED) is 0.797. The number of carbonyl (C=O) groups excluding carboxylic acids is 1. The first-order valence-electron chi connectivity index (χ1n) is 10.3. The summed E-state index contributed by atoms with van der Waals surface area (Å²) in [5.41, 5.74) is 10.4. The predicted octanol–water partition coefficient (Wildman–Crippen LogP) is 2.46. The molecule has 0 saturated heterocycles. The van der Waals surface area contributed by atoms with Gasteiger partial charge in [0.15, 0.2) is 0 Å². The van der Waals surface area contributed by atoms with Crippen LogP contribution in [0.4, 0.5) is 0 Å². The molecule has 1 aliphatic rings. The minimum absolute atomic E-state index is 0.00751. The number of hydrogen-bond donors (Lipinski definition) is 2. The molecule has 2 aromatic rings. The third-order valence-corrected chi connectivity index (χ3v) is 5.76. The van der Waals surface area contributed by atoms with Gasteiger partial charge in [-0.15, -0.1) is 0 Å². The molecule has 7 heteroatoms. The van der Waals surface area contributed by atoms with Gasteiger partial charge in [0.05, 0.1) is 12.1 Å². The second-order valence-corrected chi connectivity index (χ2v) is 8.00. The van der Waals surface area contributed by atoms with E-state index in [1.807, 2.05) is 33.8 Å². The van der Waals surface area contributed by atoms with Gasteiger partial charge in [-0.05, 0) is 52.5 Å². The van der Waals surface area contributed by atoms with Crippen LogP contribution in [0.15, 0.2) is 6.07 Å². The number of nitrogens with one attached hydrogen (secondary N) is 1. The third-order valence-electron chi connectivity index (χ3n) is 5.76. The van der Waals surface area contributed by atoms with Crippen molar-refractivity contribution in [2.45, 2.75) is 72.3 Å². The van der Waals surface area contributed by atoms with Crippen LogP contribution in [0.25, 0.3) is 5.95 Å². The molecule has 0 aliphatic heterocycles. The normalized spacial score (nSPS) is 16.2. The lowest BCUT2D eigenvalue weighted by atomic mass is 9.84. The van der Waals surface area contributed by atoms with E-state index in [9.17, 15) is 4.79 Å². The summed E-state index contributed by atoms with van der Waals surface area (Å²) in [6.45, 7) is 8.26. The molecular formula is C21H32N6O. The van der Waals surface area contributed by atoms with Crippen molar-refractivity contribution in [3.63, 3.8) is 0 Å². The Morgan fingerprint density at radius 2 is 1.82 bits per heavy atom. The number of carbonyl (C=O) groups is 1. The molecule has 28 heavy (non-hydrogen) atoms. The standard InChI is InChI=1S/C21H32N6O/c1-13-10-14(2)24-21(23-13)27-16(4)18(15(3)26-27)11-20(28)25-19(12-22)17-8-6-5-7-9-17/h10,17,19H,5-9,11-12,22H2,1-4H3,(H,25,28). The van der Waals surface area contributed by atoms with Gasteiger partial charge in [-0.2, -0.15) is 5.10 Å². The maximum absolute atomic E-state index is 12.7. The lowest BCUT2D eigenvalue weighted by Gasteiger charge is -2.30. The number of hydrogen-bond acceptors (Lipinski definition) is 5. The van der Waals surface area contributed by atoms with Crippen LogP contribution in [-0.4, -0.2) is 38.2 Å². The average molecular weight is 385 g/mol. The first-order valence-corrected chi connectivity index (χ1v) is 10.3. The minimum atomic E-state index is 0.00751. The molecule has 0 bridgehead atoms. The van der Waals surface area contributed by atoms with E-state index in [2.05, 4.69) is 20.4 Å². The number of rotatable bonds is 6. The van der Waals surface area contributed by atoms with Crippen molar-refractivity contribution in [3.8, 4) is 5.95 Å². The first-order chi connectivity index (χ1) is 13.4. The van der Waals surface area contributed by atoms with E-state index in [1.54, 1.807) is 4.68 Å². The van der Waals surface area contributed by atoms with Crippen molar-refractivity contribution in [1.82, 2.24) is 25.1 Å². The van der Waals surface area contributed by atoms with Crippen LogP contribution < -0.4 is 11.1 Å². The Morgan fingerprint density at radius 3 is 2.43 bits per heavy atom. The lowest BCUT2D eigenvalue weighted by Crippen LogP contribution is -2.46. The van der Waals surface area contributed by atoms with Crippen molar-refractivity contribution >= 4 is 5.91 Å². The number of nitrogens with two attached hydrogens (primary N) is 1. The molecule has 2 heterocycles. The van der Waals surface area contributed by atoms with Gasteiger partial charge in [0.2, 0.25) is 5.91 Å². The molecule has 1 amide bonds. The Hall–Kier alpha value is -2.28. The summed E-state index contributed by atoms with van der Waals surface area (Å²) in [4.78, 5) is 21.7. The second kappa shape index (κ2) is 8.82. The molecule has 3 rings (SSSR count). The van der Waals surface area contributed by atoms with Crippen LogP contribution in [0.2, 0.25) is 0 Å². The molecule has 7 nitrogen and oxygen atoms in total. The van der Waals surface area contributed by atoms with Crippen LogP contribution in [0, 0.1) is 33.6 Å². The summed E-state index contributed by atoms with van der Waals surface area (Å²) in [5.74, 6) is 1.05. The van der Waals surface area contributed by atoms with E-state index in [0.29, 0.717) is 24.8 Å². The topological polar surface area (TPSA) is 98.7 Å². The fourth-order valence-corrected chi connectivity index (χ4v) is 4.25. The highest BCUT2D eigenvalue weighted by Gasteiger charge is 2.25. The zero-order chi connectivity index (χ0) is 20.3. The SMILES string of the molecule is Cc1cc(C)nc(-n2nc(C)c(CC(=O)NC(CN)C3CCCCC3)c2C)n1. The number of aryl methyl sites for hydroxylation is 3. The van der Waals surface area contributed by atoms with Crippen molar-refractivity contribution in [2.24, 2.45) is 11.7 Å². The molecule has 1 atom stereocenters. The fraction of sp³-hybridized carbons (Fsp3) is 0.619. The van der Waals surface area contributed by atoms with Crippen molar-refractivity contribution in [2.75, 3.05) is 6.54 Å². The molecule has 1 fully saturated rings. The minimum Gasteiger partial charge on any atom is -0.352 e. The Kier molecular flexibility index (Phi) is 6.44. The highest BCUT2D eigenvalue weighted by molar-refractivity contribution is 5.79. The smallest absolute Gasteiger partial charge is 0.251 e. The highest BCUT2D eigenvalue weighted by atomic mass is 16.1. The maximum atomic E-state index is 12.7. The largest absolute Gasteiger partial charge is 0.352 e. The first kappa shape index (κ1) is 20.5. The number of nitrogens with zero attached hydrogens (tertiary/aromatic N) is 4. The maximum Gasteiger partial charge on any atom is 0.251 e. The van der Waals surface area contributed by atoms with Gasteiger partial charge in [0.25, 0.3) is 5.95 Å². The monoisotopic (exact) mass is 384 g/mol. The van der Waals surface area contributed by atoms with Crippen molar-refractivity contribution in [1.29, 1.82) is 0 Å². The Morgan fingerprint density at radius 1 is 1.18 bits per heavy atom. The molecule has 3 N–H and O–H groups in total. The van der Waals surface area contributed by atoms with Crippen LogP contribution >= 0.6 is 0 Å². The molecule has 0 aromatic carbocycles. The van der Waals surface area contributed by atoms with Gasteiger partial charge in [0.1, 0.15) is 0 Å². The van der Waals surface area contributed by atoms with E-state index in [4.69, 9.17) is 5.73 Å². The summed E-state index contributed by atoms with van der Waals surface area (Å²) in [5, 5.41) is 7.77. The van der Waals surface area contributed by atoms with Gasteiger partial charge in [-0.1, -0.05) is 19.3 Å². The zero-order valence-corrected chi connectivity index (χ0v) is 17.5. The van der Waals surface area contributed by atoms with Gasteiger partial charge in [-0.25, -0.2) is 14.6 Å². The summed E-state index contributed by atoms with van der Waals surface area (Å²) >= 11 is 0. The molecule has 2 aromatic heterocycles. The molecule has 0 radical (unpaired) electrons. The Balaban J connectivity index is 1.75. The third kappa shape index (κ3) is 4.58. The number of aromatic nitrogens is 4. The Labute approximate surface area is 167 Å². The lowest BCUT2D eigenvalue weighted by molar-refractivity contribution is -0.121. The zero-order valence-electron chi connectivity index (χ0n) is 17.5. The number of amides is 1. The molecule has 152 valence electrons. The molecule has 1 unspecified atom stereocenters. The Bertz CT molecular complexity index is 817. The second-order valence-electron chi connectivity index (χ2n) is 8.00. The predicted molar refractivity (Wildman–Crippen MR) is 109 cm³/mol. The van der Waals surface area contributed by atoms with Gasteiger partial charge < -0.3 is 11.1 Å². The van der Waals surface area contributed by atoms with Crippen LogP contribution in [0.5, 0.6) is 0 Å². The van der Waals surface area contributed by atoms with Gasteiger partial charge in [0, 0.05) is 35.2 Å². The highest BCUT2D eigenvalue weighted by Crippen LogP contribution is 2.26. The van der Waals surface area contributed by atoms with Crippen molar-refractivity contribution in [3.05, 3.63) is 34.4 Å². The molecular weight excluding hydrogens is 352 g/mol. The summed E-state index contributed by atoms with van der Waals surface area (Å²) in [6, 6.07) is 1.99.